The van der Waals surface area contributed by atoms with Gasteiger partial charge in [-0.3, -0.25) is 9.69 Å². The van der Waals surface area contributed by atoms with Crippen molar-refractivity contribution in [2.24, 2.45) is 17.3 Å². The van der Waals surface area contributed by atoms with E-state index in [-0.39, 0.29) is 0 Å². The van der Waals surface area contributed by atoms with Crippen LogP contribution in [0.3, 0.4) is 0 Å². The number of nitrogens with zero attached hydrogens (tertiary/aromatic N) is 2. The van der Waals surface area contributed by atoms with Gasteiger partial charge in [0.25, 0.3) is 0 Å². The minimum atomic E-state index is 0.314. The summed E-state index contributed by atoms with van der Waals surface area (Å²) in [6.07, 6.45) is 9.25. The van der Waals surface area contributed by atoms with Crippen LogP contribution >= 0.6 is 11.3 Å². The molecule has 3 fully saturated rings. The Hall–Kier alpha value is -0.940. The van der Waals surface area contributed by atoms with E-state index >= 15 is 0 Å². The first-order valence-corrected chi connectivity index (χ1v) is 9.52. The molecule has 2 aliphatic carbocycles. The molecule has 4 nitrogen and oxygen atoms in total. The zero-order valence-electron chi connectivity index (χ0n) is 13.1. The lowest BCUT2D eigenvalue weighted by molar-refractivity contribution is -0.127. The lowest BCUT2D eigenvalue weighted by atomic mass is 9.84. The van der Waals surface area contributed by atoms with Crippen molar-refractivity contribution in [1.82, 2.24) is 15.2 Å². The van der Waals surface area contributed by atoms with E-state index in [1.54, 1.807) is 11.3 Å². The average Bonchev–Trinajstić information content (AvgIpc) is 2.88. The summed E-state index contributed by atoms with van der Waals surface area (Å²) < 4.78 is 0. The number of aromatic nitrogens is 1. The lowest BCUT2D eigenvalue weighted by Crippen LogP contribution is -2.38. The van der Waals surface area contributed by atoms with Crippen molar-refractivity contribution >= 4 is 17.2 Å². The topological polar surface area (TPSA) is 45.2 Å². The molecule has 0 bridgehead atoms. The number of likely N-dealkylation sites (tertiary alicyclic amines) is 1. The van der Waals surface area contributed by atoms with Crippen LogP contribution in [0.5, 0.6) is 0 Å². The quantitative estimate of drug-likeness (QED) is 0.907. The van der Waals surface area contributed by atoms with Crippen molar-refractivity contribution < 1.29 is 4.79 Å². The van der Waals surface area contributed by atoms with Crippen LogP contribution in [0.15, 0.2) is 11.6 Å². The van der Waals surface area contributed by atoms with Crippen LogP contribution in [0.25, 0.3) is 0 Å². The van der Waals surface area contributed by atoms with E-state index in [1.165, 1.54) is 43.8 Å². The summed E-state index contributed by atoms with van der Waals surface area (Å²) in [4.78, 5) is 18.9. The van der Waals surface area contributed by atoms with Crippen LogP contribution < -0.4 is 5.32 Å². The second kappa shape index (κ2) is 5.93. The highest BCUT2D eigenvalue weighted by atomic mass is 32.1. The van der Waals surface area contributed by atoms with Crippen molar-refractivity contribution in [3.63, 3.8) is 0 Å². The maximum absolute atomic E-state index is 11.9. The molecule has 1 unspecified atom stereocenters. The van der Waals surface area contributed by atoms with Crippen molar-refractivity contribution in [1.29, 1.82) is 0 Å². The number of thiazole rings is 1. The van der Waals surface area contributed by atoms with E-state index in [2.05, 4.69) is 20.6 Å². The fourth-order valence-electron chi connectivity index (χ4n) is 4.05. The number of carbonyl (C=O) groups is 1. The van der Waals surface area contributed by atoms with Crippen LogP contribution in [0.2, 0.25) is 0 Å². The van der Waals surface area contributed by atoms with Crippen molar-refractivity contribution in [3.05, 3.63) is 16.6 Å². The lowest BCUT2D eigenvalue weighted by Gasteiger charge is -2.32. The molecule has 1 amide bonds. The molecule has 1 aliphatic heterocycles. The molecule has 1 aromatic heterocycles. The molecule has 0 aromatic carbocycles. The predicted molar refractivity (Wildman–Crippen MR) is 87.5 cm³/mol. The van der Waals surface area contributed by atoms with Gasteiger partial charge >= 0.3 is 0 Å². The molecule has 1 aromatic rings. The number of carbonyl (C=O) groups excluding carboxylic acids is 1. The standard InChI is InChI=1S/C17H25N3OS/c21-16(13-2-1-3-13)19-11-14-10-17(14)4-7-20(8-5-17)12-15-18-6-9-22-15/h6,9,13-14H,1-5,7-8,10-12H2,(H,19,21). The Morgan fingerprint density at radius 1 is 1.41 bits per heavy atom. The molecule has 2 saturated carbocycles. The minimum Gasteiger partial charge on any atom is -0.356 e. The summed E-state index contributed by atoms with van der Waals surface area (Å²) in [6.45, 7) is 4.30. The molecule has 2 heterocycles. The highest BCUT2D eigenvalue weighted by Gasteiger charge is 2.54. The maximum atomic E-state index is 11.9. The van der Waals surface area contributed by atoms with Gasteiger partial charge in [-0.25, -0.2) is 4.98 Å². The molecule has 1 saturated heterocycles. The molecule has 1 N–H and O–H groups in total. The highest BCUT2D eigenvalue weighted by Crippen LogP contribution is 2.59. The van der Waals surface area contributed by atoms with Gasteiger partial charge in [0.2, 0.25) is 5.91 Å². The van der Waals surface area contributed by atoms with Crippen LogP contribution in [0, 0.1) is 17.3 Å². The van der Waals surface area contributed by atoms with E-state index < -0.39 is 0 Å². The maximum Gasteiger partial charge on any atom is 0.223 e. The fourth-order valence-corrected chi connectivity index (χ4v) is 4.71. The third-order valence-electron chi connectivity index (χ3n) is 6.05. The van der Waals surface area contributed by atoms with Crippen LogP contribution in [-0.4, -0.2) is 35.4 Å². The first-order valence-electron chi connectivity index (χ1n) is 8.64. The molecular weight excluding hydrogens is 294 g/mol. The van der Waals surface area contributed by atoms with Crippen molar-refractivity contribution in [2.45, 2.75) is 45.1 Å². The molecule has 5 heteroatoms. The highest BCUT2D eigenvalue weighted by molar-refractivity contribution is 7.09. The van der Waals surface area contributed by atoms with Gasteiger partial charge in [0.1, 0.15) is 5.01 Å². The Morgan fingerprint density at radius 3 is 2.86 bits per heavy atom. The summed E-state index contributed by atoms with van der Waals surface area (Å²) in [5, 5.41) is 6.50. The van der Waals surface area contributed by atoms with Crippen LogP contribution in [0.1, 0.15) is 43.5 Å². The Labute approximate surface area is 136 Å². The Kier molecular flexibility index (Phi) is 3.95. The van der Waals surface area contributed by atoms with E-state index in [0.29, 0.717) is 17.2 Å². The van der Waals surface area contributed by atoms with Gasteiger partial charge < -0.3 is 5.32 Å². The summed E-state index contributed by atoms with van der Waals surface area (Å²) in [5.74, 6) is 1.38. The molecule has 1 spiro atoms. The second-order valence-corrected chi connectivity index (χ2v) is 8.32. The fraction of sp³-hybridized carbons (Fsp3) is 0.765. The van der Waals surface area contributed by atoms with E-state index in [1.807, 2.05) is 6.20 Å². The Balaban J connectivity index is 1.20. The molecule has 1 atom stereocenters. The van der Waals surface area contributed by atoms with Gasteiger partial charge in [0, 0.05) is 24.0 Å². The minimum absolute atomic E-state index is 0.314. The van der Waals surface area contributed by atoms with Crippen LogP contribution in [0.4, 0.5) is 0 Å². The van der Waals surface area contributed by atoms with Gasteiger partial charge in [-0.1, -0.05) is 6.42 Å². The molecule has 3 aliphatic rings. The smallest absolute Gasteiger partial charge is 0.223 e. The molecule has 120 valence electrons. The van der Waals surface area contributed by atoms with Crippen molar-refractivity contribution in [3.8, 4) is 0 Å². The number of piperidine rings is 1. The predicted octanol–water partition coefficient (Wildman–Crippen LogP) is 2.66. The normalized spacial score (nSPS) is 27.5. The third-order valence-corrected chi connectivity index (χ3v) is 6.82. The third kappa shape index (κ3) is 2.93. The monoisotopic (exact) mass is 319 g/mol. The van der Waals surface area contributed by atoms with Gasteiger partial charge in [-0.05, 0) is 56.5 Å². The molecular formula is C17H25N3OS. The van der Waals surface area contributed by atoms with E-state index in [0.717, 1.165) is 31.8 Å². The van der Waals surface area contributed by atoms with Gasteiger partial charge in [0.15, 0.2) is 0 Å². The summed E-state index contributed by atoms with van der Waals surface area (Å²) in [6, 6.07) is 0. The van der Waals surface area contributed by atoms with E-state index in [9.17, 15) is 4.79 Å². The first-order chi connectivity index (χ1) is 10.8. The second-order valence-electron chi connectivity index (χ2n) is 7.34. The van der Waals surface area contributed by atoms with Gasteiger partial charge in [-0.2, -0.15) is 0 Å². The summed E-state index contributed by atoms with van der Waals surface area (Å²) >= 11 is 1.75. The zero-order valence-corrected chi connectivity index (χ0v) is 13.9. The van der Waals surface area contributed by atoms with Crippen LogP contribution in [-0.2, 0) is 11.3 Å². The van der Waals surface area contributed by atoms with E-state index in [4.69, 9.17) is 0 Å². The molecule has 0 radical (unpaired) electrons. The largest absolute Gasteiger partial charge is 0.356 e. The van der Waals surface area contributed by atoms with Gasteiger partial charge in [0.05, 0.1) is 6.54 Å². The SMILES string of the molecule is O=C(NCC1CC12CCN(Cc1nccs1)CC2)C1CCC1. The number of nitrogens with one attached hydrogen (secondary N) is 1. The average molecular weight is 319 g/mol. The zero-order chi connectivity index (χ0) is 15.0. The Bertz CT molecular complexity index is 518. The number of amides is 1. The number of hydrogen-bond donors (Lipinski definition) is 1. The summed E-state index contributed by atoms with van der Waals surface area (Å²) in [5.41, 5.74) is 0.548. The number of hydrogen-bond acceptors (Lipinski definition) is 4. The molecule has 22 heavy (non-hydrogen) atoms. The van der Waals surface area contributed by atoms with Crippen molar-refractivity contribution in [2.75, 3.05) is 19.6 Å². The van der Waals surface area contributed by atoms with Gasteiger partial charge in [-0.15, -0.1) is 11.3 Å². The first kappa shape index (κ1) is 14.6. The number of rotatable bonds is 5. The Morgan fingerprint density at radius 2 is 2.23 bits per heavy atom. The summed E-state index contributed by atoms with van der Waals surface area (Å²) in [7, 11) is 0. The molecule has 4 rings (SSSR count).